The number of primary amides is 1. The van der Waals surface area contributed by atoms with Crippen molar-refractivity contribution in [2.24, 2.45) is 5.73 Å². The van der Waals surface area contributed by atoms with Gasteiger partial charge in [0.15, 0.2) is 5.82 Å². The zero-order valence-electron chi connectivity index (χ0n) is 12.1. The molecule has 1 aliphatic rings. The van der Waals surface area contributed by atoms with Gasteiger partial charge in [-0.1, -0.05) is 16.8 Å². The summed E-state index contributed by atoms with van der Waals surface area (Å²) in [5.74, 6) is 1.57. The number of nitrogens with two attached hydrogens (primary N) is 1. The lowest BCUT2D eigenvalue weighted by atomic mass is 9.97. The van der Waals surface area contributed by atoms with Crippen LogP contribution in [0.4, 0.5) is 5.82 Å². The van der Waals surface area contributed by atoms with Crippen LogP contribution in [0.25, 0.3) is 0 Å². The summed E-state index contributed by atoms with van der Waals surface area (Å²) in [5, 5.41) is 4.42. The second-order valence-corrected chi connectivity index (χ2v) is 5.76. The number of piperidine rings is 1. The molecule has 0 aromatic carbocycles. The maximum Gasteiger partial charge on any atom is 0.250 e. The van der Waals surface area contributed by atoms with Crippen LogP contribution in [0, 0.1) is 6.92 Å². The Bertz CT molecular complexity index is 702. The summed E-state index contributed by atoms with van der Waals surface area (Å²) >= 11 is 6.24. The maximum absolute atomic E-state index is 11.2. The van der Waals surface area contributed by atoms with Gasteiger partial charge in [-0.05, 0) is 18.9 Å². The maximum atomic E-state index is 11.2. The lowest BCUT2D eigenvalue weighted by Crippen LogP contribution is -2.35. The van der Waals surface area contributed by atoms with Gasteiger partial charge in [0.05, 0.1) is 10.6 Å². The van der Waals surface area contributed by atoms with Crippen molar-refractivity contribution in [1.29, 1.82) is 0 Å². The predicted octanol–water partition coefficient (Wildman–Crippen LogP) is 1.91. The molecule has 7 nitrogen and oxygen atoms in total. The zero-order valence-corrected chi connectivity index (χ0v) is 12.9. The van der Waals surface area contributed by atoms with Crippen LogP contribution in [0.15, 0.2) is 16.8 Å². The Labute approximate surface area is 132 Å². The number of amides is 1. The minimum Gasteiger partial charge on any atom is -0.366 e. The minimum atomic E-state index is -0.542. The molecule has 22 heavy (non-hydrogen) atoms. The molecule has 0 spiro atoms. The molecule has 1 aliphatic heterocycles. The van der Waals surface area contributed by atoms with Crippen LogP contribution in [0.5, 0.6) is 0 Å². The number of hydrogen-bond donors (Lipinski definition) is 1. The fourth-order valence-electron chi connectivity index (χ4n) is 2.66. The van der Waals surface area contributed by atoms with Crippen molar-refractivity contribution in [3.05, 3.63) is 34.6 Å². The summed E-state index contributed by atoms with van der Waals surface area (Å²) in [6.07, 6.45) is 3.42. The van der Waals surface area contributed by atoms with Crippen molar-refractivity contribution in [1.82, 2.24) is 15.1 Å². The van der Waals surface area contributed by atoms with Crippen molar-refractivity contribution in [3.63, 3.8) is 0 Å². The minimum absolute atomic E-state index is 0.180. The van der Waals surface area contributed by atoms with Crippen LogP contribution in [0.2, 0.25) is 5.02 Å². The molecule has 1 fully saturated rings. The first kappa shape index (κ1) is 14.8. The first-order valence-corrected chi connectivity index (χ1v) is 7.43. The molecule has 1 atom stereocenters. The smallest absolute Gasteiger partial charge is 0.250 e. The number of anilines is 1. The summed E-state index contributed by atoms with van der Waals surface area (Å²) in [4.78, 5) is 21.8. The molecule has 1 saturated heterocycles. The highest BCUT2D eigenvalue weighted by Crippen LogP contribution is 2.31. The highest BCUT2D eigenvalue weighted by molar-refractivity contribution is 6.33. The van der Waals surface area contributed by atoms with Crippen LogP contribution in [-0.4, -0.2) is 34.1 Å². The largest absolute Gasteiger partial charge is 0.366 e. The van der Waals surface area contributed by atoms with Crippen LogP contribution < -0.4 is 10.6 Å². The van der Waals surface area contributed by atoms with Crippen LogP contribution in [0.1, 0.15) is 40.8 Å². The number of halogens is 1. The van der Waals surface area contributed by atoms with E-state index in [1.165, 1.54) is 6.20 Å². The molecule has 1 amide bonds. The van der Waals surface area contributed by atoms with Gasteiger partial charge in [-0.25, -0.2) is 4.98 Å². The SMILES string of the molecule is Cc1nc(C2CCCN(c3ncc(C(N)=O)cc3Cl)C2)no1. The van der Waals surface area contributed by atoms with Crippen LogP contribution >= 0.6 is 11.6 Å². The number of aryl methyl sites for hydroxylation is 1. The predicted molar refractivity (Wildman–Crippen MR) is 81.0 cm³/mol. The highest BCUT2D eigenvalue weighted by atomic mass is 35.5. The number of carbonyl (C=O) groups is 1. The highest BCUT2D eigenvalue weighted by Gasteiger charge is 2.27. The van der Waals surface area contributed by atoms with Crippen molar-refractivity contribution >= 4 is 23.3 Å². The third-order valence-electron chi connectivity index (χ3n) is 3.74. The van der Waals surface area contributed by atoms with E-state index < -0.39 is 5.91 Å². The Morgan fingerprint density at radius 2 is 2.36 bits per heavy atom. The van der Waals surface area contributed by atoms with E-state index in [2.05, 4.69) is 20.0 Å². The van der Waals surface area contributed by atoms with E-state index in [1.54, 1.807) is 13.0 Å². The second kappa shape index (κ2) is 5.92. The normalized spacial score (nSPS) is 18.5. The summed E-state index contributed by atoms with van der Waals surface area (Å²) < 4.78 is 5.05. The Hall–Kier alpha value is -2.15. The van der Waals surface area contributed by atoms with Crippen LogP contribution in [-0.2, 0) is 0 Å². The average molecular weight is 322 g/mol. The topological polar surface area (TPSA) is 98.1 Å². The van der Waals surface area contributed by atoms with Crippen molar-refractivity contribution in [2.75, 3.05) is 18.0 Å². The molecule has 8 heteroatoms. The first-order valence-electron chi connectivity index (χ1n) is 7.05. The van der Waals surface area contributed by atoms with E-state index in [9.17, 15) is 4.79 Å². The molecular weight excluding hydrogens is 306 g/mol. The van der Waals surface area contributed by atoms with E-state index in [0.717, 1.165) is 19.4 Å². The number of hydrogen-bond acceptors (Lipinski definition) is 6. The standard InChI is InChI=1S/C14H16ClN5O2/c1-8-18-13(19-22-8)9-3-2-4-20(7-9)14-11(15)5-10(6-17-14)12(16)21/h5-6,9H,2-4,7H2,1H3,(H2,16,21). The lowest BCUT2D eigenvalue weighted by Gasteiger charge is -2.32. The molecule has 3 heterocycles. The Morgan fingerprint density at radius 3 is 3.00 bits per heavy atom. The zero-order chi connectivity index (χ0) is 15.7. The van der Waals surface area contributed by atoms with Crippen LogP contribution in [0.3, 0.4) is 0 Å². The second-order valence-electron chi connectivity index (χ2n) is 5.35. The van der Waals surface area contributed by atoms with Gasteiger partial charge in [0, 0.05) is 32.1 Å². The van der Waals surface area contributed by atoms with Gasteiger partial charge in [0.1, 0.15) is 5.82 Å². The number of nitrogens with zero attached hydrogens (tertiary/aromatic N) is 4. The van der Waals surface area contributed by atoms with E-state index >= 15 is 0 Å². The summed E-state index contributed by atoms with van der Waals surface area (Å²) in [6, 6.07) is 1.55. The number of rotatable bonds is 3. The lowest BCUT2D eigenvalue weighted by molar-refractivity contribution is 0.1000. The van der Waals surface area contributed by atoms with E-state index in [4.69, 9.17) is 21.9 Å². The van der Waals surface area contributed by atoms with Gasteiger partial charge < -0.3 is 15.2 Å². The number of aromatic nitrogens is 3. The van der Waals surface area contributed by atoms with Gasteiger partial charge in [-0.2, -0.15) is 4.98 Å². The van der Waals surface area contributed by atoms with E-state index in [1.807, 2.05) is 0 Å². The van der Waals surface area contributed by atoms with Crippen molar-refractivity contribution < 1.29 is 9.32 Å². The summed E-state index contributed by atoms with van der Waals surface area (Å²) in [5.41, 5.74) is 5.54. The summed E-state index contributed by atoms with van der Waals surface area (Å²) in [7, 11) is 0. The molecule has 0 aliphatic carbocycles. The molecular formula is C14H16ClN5O2. The average Bonchev–Trinajstić information content (AvgIpc) is 2.94. The molecule has 2 aromatic heterocycles. The molecule has 3 rings (SSSR count). The Balaban J connectivity index is 1.81. The molecule has 0 radical (unpaired) electrons. The van der Waals surface area contributed by atoms with Crippen molar-refractivity contribution in [2.45, 2.75) is 25.7 Å². The monoisotopic (exact) mass is 321 g/mol. The Kier molecular flexibility index (Phi) is 3.98. The third kappa shape index (κ3) is 2.89. The van der Waals surface area contributed by atoms with E-state index in [0.29, 0.717) is 34.7 Å². The molecule has 2 aromatic rings. The van der Waals surface area contributed by atoms with Gasteiger partial charge in [-0.15, -0.1) is 0 Å². The molecule has 116 valence electrons. The molecule has 1 unspecified atom stereocenters. The summed E-state index contributed by atoms with van der Waals surface area (Å²) in [6.45, 7) is 3.33. The van der Waals surface area contributed by atoms with Crippen molar-refractivity contribution in [3.8, 4) is 0 Å². The quantitative estimate of drug-likeness (QED) is 0.927. The van der Waals surface area contributed by atoms with Gasteiger partial charge in [0.25, 0.3) is 0 Å². The van der Waals surface area contributed by atoms with Gasteiger partial charge in [0.2, 0.25) is 11.8 Å². The molecule has 0 bridgehead atoms. The molecule has 0 saturated carbocycles. The van der Waals surface area contributed by atoms with Gasteiger partial charge in [-0.3, -0.25) is 4.79 Å². The fraction of sp³-hybridized carbons (Fsp3) is 0.429. The van der Waals surface area contributed by atoms with E-state index in [-0.39, 0.29) is 5.92 Å². The molecule has 2 N–H and O–H groups in total. The third-order valence-corrected chi connectivity index (χ3v) is 4.01. The Morgan fingerprint density at radius 1 is 1.55 bits per heavy atom. The number of carbonyl (C=O) groups excluding carboxylic acids is 1. The fourth-order valence-corrected chi connectivity index (χ4v) is 2.95. The van der Waals surface area contributed by atoms with Gasteiger partial charge >= 0.3 is 0 Å². The number of pyridine rings is 1. The first-order chi connectivity index (χ1) is 10.5.